The Kier molecular flexibility index (Phi) is 5.40. The molecule has 20 heavy (non-hydrogen) atoms. The quantitative estimate of drug-likeness (QED) is 0.819. The van der Waals surface area contributed by atoms with Crippen molar-refractivity contribution in [2.45, 2.75) is 44.6 Å². The van der Waals surface area contributed by atoms with Gasteiger partial charge >= 0.3 is 5.97 Å². The molecule has 1 amide bonds. The highest BCUT2D eigenvalue weighted by Crippen LogP contribution is 2.24. The number of aromatic carboxylic acids is 1. The molecular weight excluding hydrogens is 278 g/mol. The number of amides is 1. The van der Waals surface area contributed by atoms with Crippen LogP contribution in [0.25, 0.3) is 0 Å². The van der Waals surface area contributed by atoms with Gasteiger partial charge in [0.05, 0.1) is 0 Å². The third kappa shape index (κ3) is 4.23. The van der Waals surface area contributed by atoms with Crippen LogP contribution in [0.1, 0.15) is 48.2 Å². The Morgan fingerprint density at radius 1 is 1.30 bits per heavy atom. The molecule has 1 heterocycles. The van der Waals surface area contributed by atoms with E-state index in [0.29, 0.717) is 0 Å². The summed E-state index contributed by atoms with van der Waals surface area (Å²) in [7, 11) is 0. The molecule has 0 bridgehead atoms. The van der Waals surface area contributed by atoms with E-state index in [1.807, 2.05) is 0 Å². The molecule has 110 valence electrons. The number of hydrogen-bond donors (Lipinski definition) is 2. The molecule has 1 aromatic heterocycles. The van der Waals surface area contributed by atoms with Gasteiger partial charge in [-0.05, 0) is 24.3 Å². The van der Waals surface area contributed by atoms with Crippen LogP contribution in [-0.2, 0) is 4.79 Å². The van der Waals surface area contributed by atoms with E-state index in [9.17, 15) is 9.59 Å². The first-order valence-corrected chi connectivity index (χ1v) is 7.77. The van der Waals surface area contributed by atoms with Crippen LogP contribution in [0, 0.1) is 0 Å². The molecule has 2 rings (SSSR count). The van der Waals surface area contributed by atoms with Gasteiger partial charge in [-0.3, -0.25) is 4.79 Å². The van der Waals surface area contributed by atoms with Crippen LogP contribution in [0.5, 0.6) is 5.75 Å². The SMILES string of the molecule is O=C(COc1ccsc1C(=O)O)NC1CCCCCC1. The van der Waals surface area contributed by atoms with Gasteiger partial charge in [-0.15, -0.1) is 11.3 Å². The predicted molar refractivity (Wildman–Crippen MR) is 76.4 cm³/mol. The van der Waals surface area contributed by atoms with Gasteiger partial charge in [0.2, 0.25) is 0 Å². The Bertz CT molecular complexity index is 463. The lowest BCUT2D eigenvalue weighted by molar-refractivity contribution is -0.123. The number of carbonyl (C=O) groups excluding carboxylic acids is 1. The van der Waals surface area contributed by atoms with Gasteiger partial charge in [-0.25, -0.2) is 4.79 Å². The molecule has 0 atom stereocenters. The summed E-state index contributed by atoms with van der Waals surface area (Å²) in [5.41, 5.74) is 0. The van der Waals surface area contributed by atoms with E-state index < -0.39 is 5.97 Å². The van der Waals surface area contributed by atoms with Crippen molar-refractivity contribution in [3.05, 3.63) is 16.3 Å². The Hall–Kier alpha value is -1.56. The van der Waals surface area contributed by atoms with Gasteiger partial charge < -0.3 is 15.2 Å². The van der Waals surface area contributed by atoms with Gasteiger partial charge in [0, 0.05) is 6.04 Å². The van der Waals surface area contributed by atoms with Crippen molar-refractivity contribution in [3.63, 3.8) is 0 Å². The first-order valence-electron chi connectivity index (χ1n) is 6.90. The van der Waals surface area contributed by atoms with E-state index in [0.717, 1.165) is 37.0 Å². The number of carbonyl (C=O) groups is 2. The van der Waals surface area contributed by atoms with Crippen molar-refractivity contribution in [2.75, 3.05) is 6.61 Å². The third-order valence-electron chi connectivity index (χ3n) is 3.40. The number of ether oxygens (including phenoxy) is 1. The zero-order chi connectivity index (χ0) is 14.4. The summed E-state index contributed by atoms with van der Waals surface area (Å²) in [5, 5.41) is 13.5. The van der Waals surface area contributed by atoms with Crippen LogP contribution < -0.4 is 10.1 Å². The average Bonchev–Trinajstić information content (AvgIpc) is 2.75. The molecule has 1 saturated carbocycles. The first kappa shape index (κ1) is 14.8. The Balaban J connectivity index is 1.79. The minimum atomic E-state index is -1.03. The van der Waals surface area contributed by atoms with E-state index >= 15 is 0 Å². The lowest BCUT2D eigenvalue weighted by Gasteiger charge is -2.16. The molecule has 0 unspecified atom stereocenters. The van der Waals surface area contributed by atoms with E-state index in [-0.39, 0.29) is 29.2 Å². The predicted octanol–water partition coefficient (Wildman–Crippen LogP) is 2.66. The second kappa shape index (κ2) is 7.28. The topological polar surface area (TPSA) is 75.6 Å². The number of carboxylic acid groups (broad SMARTS) is 1. The normalized spacial score (nSPS) is 16.4. The maximum atomic E-state index is 11.8. The van der Waals surface area contributed by atoms with Gasteiger partial charge in [0.1, 0.15) is 5.75 Å². The molecule has 0 saturated heterocycles. The molecular formula is C14H19NO4S. The van der Waals surface area contributed by atoms with Gasteiger partial charge in [0.15, 0.2) is 11.5 Å². The summed E-state index contributed by atoms with van der Waals surface area (Å²) in [4.78, 5) is 22.9. The monoisotopic (exact) mass is 297 g/mol. The molecule has 1 aliphatic carbocycles. The summed E-state index contributed by atoms with van der Waals surface area (Å²) in [6.07, 6.45) is 6.81. The van der Waals surface area contributed by atoms with Crippen molar-refractivity contribution in [2.24, 2.45) is 0 Å². The third-order valence-corrected chi connectivity index (χ3v) is 4.29. The van der Waals surface area contributed by atoms with E-state index in [2.05, 4.69) is 5.32 Å². The molecule has 6 heteroatoms. The summed E-state index contributed by atoms with van der Waals surface area (Å²) < 4.78 is 5.29. The summed E-state index contributed by atoms with van der Waals surface area (Å²) in [6.45, 7) is -0.131. The minimum absolute atomic E-state index is 0.131. The molecule has 0 radical (unpaired) electrons. The maximum absolute atomic E-state index is 11.8. The van der Waals surface area contributed by atoms with Crippen molar-refractivity contribution in [1.82, 2.24) is 5.32 Å². The van der Waals surface area contributed by atoms with Crippen molar-refractivity contribution in [3.8, 4) is 5.75 Å². The molecule has 2 N–H and O–H groups in total. The van der Waals surface area contributed by atoms with Crippen molar-refractivity contribution in [1.29, 1.82) is 0 Å². The number of carboxylic acids is 1. The van der Waals surface area contributed by atoms with E-state index in [4.69, 9.17) is 9.84 Å². The second-order valence-corrected chi connectivity index (χ2v) is 5.88. The fourth-order valence-electron chi connectivity index (χ4n) is 2.40. The largest absolute Gasteiger partial charge is 0.482 e. The van der Waals surface area contributed by atoms with Crippen LogP contribution >= 0.6 is 11.3 Å². The highest BCUT2D eigenvalue weighted by molar-refractivity contribution is 7.12. The average molecular weight is 297 g/mol. The standard InChI is InChI=1S/C14H19NO4S/c16-12(15-10-5-3-1-2-4-6-10)9-19-11-7-8-20-13(11)14(17)18/h7-8,10H,1-6,9H2,(H,15,16)(H,17,18). The number of nitrogens with one attached hydrogen (secondary N) is 1. The van der Waals surface area contributed by atoms with Crippen molar-refractivity contribution < 1.29 is 19.4 Å². The van der Waals surface area contributed by atoms with Crippen LogP contribution in [0.4, 0.5) is 0 Å². The molecule has 1 aromatic rings. The number of thiophene rings is 1. The Labute approximate surface area is 121 Å². The van der Waals surface area contributed by atoms with Crippen LogP contribution in [0.2, 0.25) is 0 Å². The summed E-state index contributed by atoms with van der Waals surface area (Å²) >= 11 is 1.09. The van der Waals surface area contributed by atoms with E-state index in [1.54, 1.807) is 11.4 Å². The Morgan fingerprint density at radius 2 is 2.00 bits per heavy atom. The maximum Gasteiger partial charge on any atom is 0.349 e. The van der Waals surface area contributed by atoms with E-state index in [1.165, 1.54) is 12.8 Å². The van der Waals surface area contributed by atoms with Gasteiger partial charge in [-0.1, -0.05) is 25.7 Å². The summed E-state index contributed by atoms with van der Waals surface area (Å²) in [5.74, 6) is -0.947. The minimum Gasteiger partial charge on any atom is -0.482 e. The first-order chi connectivity index (χ1) is 9.66. The van der Waals surface area contributed by atoms with Crippen molar-refractivity contribution >= 4 is 23.2 Å². The summed E-state index contributed by atoms with van der Waals surface area (Å²) in [6, 6.07) is 1.81. The molecule has 0 spiro atoms. The molecule has 1 aliphatic rings. The highest BCUT2D eigenvalue weighted by Gasteiger charge is 2.17. The number of hydrogen-bond acceptors (Lipinski definition) is 4. The van der Waals surface area contributed by atoms with Gasteiger partial charge in [0.25, 0.3) is 5.91 Å². The van der Waals surface area contributed by atoms with Gasteiger partial charge in [-0.2, -0.15) is 0 Å². The van der Waals surface area contributed by atoms with Crippen LogP contribution in [0.15, 0.2) is 11.4 Å². The lowest BCUT2D eigenvalue weighted by Crippen LogP contribution is -2.37. The lowest BCUT2D eigenvalue weighted by atomic mass is 10.1. The smallest absolute Gasteiger partial charge is 0.349 e. The molecule has 1 fully saturated rings. The fourth-order valence-corrected chi connectivity index (χ4v) is 3.08. The molecule has 0 aromatic carbocycles. The zero-order valence-corrected chi connectivity index (χ0v) is 12.1. The molecule has 0 aliphatic heterocycles. The number of rotatable bonds is 5. The fraction of sp³-hybridized carbons (Fsp3) is 0.571. The second-order valence-electron chi connectivity index (χ2n) is 4.96. The highest BCUT2D eigenvalue weighted by atomic mass is 32.1. The van der Waals surface area contributed by atoms with Crippen LogP contribution in [0.3, 0.4) is 0 Å². The Morgan fingerprint density at radius 3 is 2.65 bits per heavy atom. The zero-order valence-electron chi connectivity index (χ0n) is 11.3. The molecule has 5 nitrogen and oxygen atoms in total. The van der Waals surface area contributed by atoms with Crippen LogP contribution in [-0.4, -0.2) is 29.6 Å².